The Balaban J connectivity index is 2.00. The van der Waals surface area contributed by atoms with E-state index < -0.39 is 0 Å². The van der Waals surface area contributed by atoms with Gasteiger partial charge in [-0.05, 0) is 36.3 Å². The van der Waals surface area contributed by atoms with Crippen molar-refractivity contribution in [1.82, 2.24) is 25.2 Å². The Bertz CT molecular complexity index is 602. The second kappa shape index (κ2) is 6.21. The minimum absolute atomic E-state index is 0.0935. The zero-order valence-electron chi connectivity index (χ0n) is 12.2. The summed E-state index contributed by atoms with van der Waals surface area (Å²) in [6.07, 6.45) is 0. The van der Waals surface area contributed by atoms with Crippen LogP contribution in [0.15, 0.2) is 11.2 Å². The van der Waals surface area contributed by atoms with Gasteiger partial charge in [-0.1, -0.05) is 25.6 Å². The second-order valence-electron chi connectivity index (χ2n) is 5.24. The Morgan fingerprint density at radius 1 is 1.45 bits per heavy atom. The summed E-state index contributed by atoms with van der Waals surface area (Å²) in [7, 11) is 0. The monoisotopic (exact) mass is 293 g/mol. The fourth-order valence-electron chi connectivity index (χ4n) is 1.98. The van der Waals surface area contributed by atoms with Crippen LogP contribution < -0.4 is 0 Å². The topological polar surface area (TPSA) is 76.5 Å². The van der Waals surface area contributed by atoms with E-state index in [-0.39, 0.29) is 5.78 Å². The highest BCUT2D eigenvalue weighted by Crippen LogP contribution is 2.18. The number of nitrogens with one attached hydrogen (secondary N) is 1. The van der Waals surface area contributed by atoms with Crippen LogP contribution in [-0.2, 0) is 6.54 Å². The number of aryl methyl sites for hydroxylation is 2. The molecule has 0 saturated carbocycles. The fraction of sp³-hybridized carbons (Fsp3) is 0.538. The number of aromatic nitrogens is 5. The first-order chi connectivity index (χ1) is 9.47. The van der Waals surface area contributed by atoms with Gasteiger partial charge in [0.25, 0.3) is 0 Å². The predicted molar refractivity (Wildman–Crippen MR) is 78.0 cm³/mol. The van der Waals surface area contributed by atoms with Gasteiger partial charge in [0, 0.05) is 23.5 Å². The van der Waals surface area contributed by atoms with Crippen LogP contribution in [0.4, 0.5) is 0 Å². The number of Topliss-reactive ketones (excluding diaryl/α,β-unsaturated/α-hetero) is 1. The predicted octanol–water partition coefficient (Wildman–Crippen LogP) is 2.25. The molecule has 6 nitrogen and oxygen atoms in total. The first kappa shape index (κ1) is 14.8. The Labute approximate surface area is 122 Å². The van der Waals surface area contributed by atoms with E-state index >= 15 is 0 Å². The van der Waals surface area contributed by atoms with E-state index in [2.05, 4.69) is 34.4 Å². The minimum atomic E-state index is 0.0935. The maximum atomic E-state index is 12.2. The third-order valence-electron chi connectivity index (χ3n) is 2.82. The van der Waals surface area contributed by atoms with Crippen LogP contribution in [0.3, 0.4) is 0 Å². The molecule has 0 aliphatic rings. The molecule has 2 aromatic heterocycles. The zero-order chi connectivity index (χ0) is 14.7. The number of carbonyl (C=O) groups is 1. The number of aromatic amines is 1. The van der Waals surface area contributed by atoms with Crippen molar-refractivity contribution in [2.45, 2.75) is 39.4 Å². The molecule has 0 fully saturated rings. The van der Waals surface area contributed by atoms with Gasteiger partial charge in [0.2, 0.25) is 5.16 Å². The molecule has 0 aliphatic heterocycles. The SMILES string of the molecule is Cc1cc(C(=O)CSc2nnnn2CC(C)C)c(C)[nH]1. The van der Waals surface area contributed by atoms with Crippen LogP contribution in [0.2, 0.25) is 0 Å². The average Bonchev–Trinajstić information content (AvgIpc) is 2.92. The number of ketones is 1. The van der Waals surface area contributed by atoms with Crippen LogP contribution in [0.25, 0.3) is 0 Å². The average molecular weight is 293 g/mol. The van der Waals surface area contributed by atoms with Crippen LogP contribution in [-0.4, -0.2) is 36.7 Å². The zero-order valence-corrected chi connectivity index (χ0v) is 13.0. The molecule has 7 heteroatoms. The molecule has 0 spiro atoms. The van der Waals surface area contributed by atoms with Crippen LogP contribution >= 0.6 is 11.8 Å². The van der Waals surface area contributed by atoms with Gasteiger partial charge in [-0.15, -0.1) is 5.10 Å². The lowest BCUT2D eigenvalue weighted by Crippen LogP contribution is -2.09. The standard InChI is InChI=1S/C13H19N5OS/c1-8(2)6-18-13(15-16-17-18)20-7-12(19)11-5-9(3)14-10(11)4/h5,8,14H,6-7H2,1-4H3. The number of tetrazole rings is 1. The van der Waals surface area contributed by atoms with Gasteiger partial charge in [0.1, 0.15) is 0 Å². The summed E-state index contributed by atoms with van der Waals surface area (Å²) >= 11 is 1.38. The number of hydrogen-bond donors (Lipinski definition) is 1. The lowest BCUT2D eigenvalue weighted by Gasteiger charge is -2.06. The van der Waals surface area contributed by atoms with Gasteiger partial charge < -0.3 is 4.98 Å². The summed E-state index contributed by atoms with van der Waals surface area (Å²) in [6, 6.07) is 1.88. The van der Waals surface area contributed by atoms with E-state index in [9.17, 15) is 4.79 Å². The minimum Gasteiger partial charge on any atom is -0.362 e. The maximum Gasteiger partial charge on any atom is 0.209 e. The maximum absolute atomic E-state index is 12.2. The summed E-state index contributed by atoms with van der Waals surface area (Å²) in [5, 5.41) is 12.3. The number of carbonyl (C=O) groups excluding carboxylic acids is 1. The van der Waals surface area contributed by atoms with E-state index in [4.69, 9.17) is 0 Å². The number of H-pyrrole nitrogens is 1. The molecule has 0 amide bonds. The van der Waals surface area contributed by atoms with Gasteiger partial charge in [0.15, 0.2) is 5.78 Å². The molecule has 20 heavy (non-hydrogen) atoms. The number of thioether (sulfide) groups is 1. The summed E-state index contributed by atoms with van der Waals surface area (Å²) in [5.41, 5.74) is 2.66. The Morgan fingerprint density at radius 3 is 2.80 bits per heavy atom. The largest absolute Gasteiger partial charge is 0.362 e. The molecule has 0 radical (unpaired) electrons. The van der Waals surface area contributed by atoms with Crippen molar-refractivity contribution in [1.29, 1.82) is 0 Å². The van der Waals surface area contributed by atoms with E-state index in [1.807, 2.05) is 19.9 Å². The Morgan fingerprint density at radius 2 is 2.20 bits per heavy atom. The van der Waals surface area contributed by atoms with Crippen molar-refractivity contribution < 1.29 is 4.79 Å². The molecule has 0 unspecified atom stereocenters. The lowest BCUT2D eigenvalue weighted by atomic mass is 10.2. The van der Waals surface area contributed by atoms with Crippen LogP contribution in [0, 0.1) is 19.8 Å². The normalized spacial score (nSPS) is 11.2. The van der Waals surface area contributed by atoms with Crippen molar-refractivity contribution >= 4 is 17.5 Å². The van der Waals surface area contributed by atoms with Gasteiger partial charge in [-0.2, -0.15) is 0 Å². The summed E-state index contributed by atoms with van der Waals surface area (Å²) in [6.45, 7) is 8.82. The molecule has 2 aromatic rings. The molecule has 0 aliphatic carbocycles. The van der Waals surface area contributed by atoms with Crippen LogP contribution in [0.1, 0.15) is 35.6 Å². The summed E-state index contributed by atoms with van der Waals surface area (Å²) in [5.74, 6) is 0.899. The molecule has 0 aromatic carbocycles. The summed E-state index contributed by atoms with van der Waals surface area (Å²) in [4.78, 5) is 15.3. The van der Waals surface area contributed by atoms with Crippen molar-refractivity contribution in [3.05, 3.63) is 23.0 Å². The molecular formula is C13H19N5OS. The van der Waals surface area contributed by atoms with Crippen LogP contribution in [0.5, 0.6) is 0 Å². The quantitative estimate of drug-likeness (QED) is 0.653. The third-order valence-corrected chi connectivity index (χ3v) is 3.78. The first-order valence-electron chi connectivity index (χ1n) is 6.55. The third kappa shape index (κ3) is 3.47. The lowest BCUT2D eigenvalue weighted by molar-refractivity contribution is 0.102. The molecule has 108 valence electrons. The van der Waals surface area contributed by atoms with E-state index in [1.54, 1.807) is 4.68 Å². The van der Waals surface area contributed by atoms with E-state index in [0.717, 1.165) is 23.5 Å². The molecule has 0 bridgehead atoms. The van der Waals surface area contributed by atoms with Gasteiger partial charge in [-0.25, -0.2) is 4.68 Å². The first-order valence-corrected chi connectivity index (χ1v) is 7.54. The summed E-state index contributed by atoms with van der Waals surface area (Å²) < 4.78 is 1.75. The van der Waals surface area contributed by atoms with Gasteiger partial charge in [0.05, 0.1) is 5.75 Å². The van der Waals surface area contributed by atoms with Gasteiger partial charge >= 0.3 is 0 Å². The Hall–Kier alpha value is -1.63. The molecule has 2 rings (SSSR count). The van der Waals surface area contributed by atoms with Crippen molar-refractivity contribution in [2.75, 3.05) is 5.75 Å². The number of hydrogen-bond acceptors (Lipinski definition) is 5. The molecule has 0 atom stereocenters. The highest BCUT2D eigenvalue weighted by atomic mass is 32.2. The van der Waals surface area contributed by atoms with E-state index in [0.29, 0.717) is 16.8 Å². The Kier molecular flexibility index (Phi) is 4.59. The second-order valence-corrected chi connectivity index (χ2v) is 6.18. The van der Waals surface area contributed by atoms with Crippen molar-refractivity contribution in [2.24, 2.45) is 5.92 Å². The van der Waals surface area contributed by atoms with Gasteiger partial charge in [-0.3, -0.25) is 4.79 Å². The molecule has 2 heterocycles. The van der Waals surface area contributed by atoms with Crippen molar-refractivity contribution in [3.63, 3.8) is 0 Å². The highest BCUT2D eigenvalue weighted by Gasteiger charge is 2.15. The fourth-order valence-corrected chi connectivity index (χ4v) is 2.75. The van der Waals surface area contributed by atoms with Crippen molar-refractivity contribution in [3.8, 4) is 0 Å². The molecule has 1 N–H and O–H groups in total. The highest BCUT2D eigenvalue weighted by molar-refractivity contribution is 7.99. The smallest absolute Gasteiger partial charge is 0.209 e. The number of nitrogens with zero attached hydrogens (tertiary/aromatic N) is 4. The number of rotatable bonds is 6. The van der Waals surface area contributed by atoms with E-state index in [1.165, 1.54) is 11.8 Å². The molecule has 0 saturated heterocycles. The molecular weight excluding hydrogens is 274 g/mol.